The monoisotopic (exact) mass is 447 g/mol. The number of alkyl halides is 3. The number of amides is 1. The lowest BCUT2D eigenvalue weighted by atomic mass is 10.1. The van der Waals surface area contributed by atoms with Crippen LogP contribution >= 0.6 is 0 Å². The molecule has 1 saturated heterocycles. The van der Waals surface area contributed by atoms with E-state index in [9.17, 15) is 22.4 Å². The van der Waals surface area contributed by atoms with E-state index in [1.54, 1.807) is 0 Å². The second-order valence-electron chi connectivity index (χ2n) is 7.56. The fraction of sp³-hybridized carbons (Fsp3) is 0.304. The number of benzene rings is 2. The van der Waals surface area contributed by atoms with Gasteiger partial charge in [0.1, 0.15) is 11.5 Å². The highest BCUT2D eigenvalue weighted by Gasteiger charge is 2.42. The Labute approximate surface area is 182 Å². The minimum absolute atomic E-state index is 0.0810. The minimum Gasteiger partial charge on any atom is -0.373 e. The van der Waals surface area contributed by atoms with Crippen molar-refractivity contribution in [2.75, 3.05) is 13.1 Å². The van der Waals surface area contributed by atoms with Gasteiger partial charge in [-0.25, -0.2) is 9.07 Å². The summed E-state index contributed by atoms with van der Waals surface area (Å²) in [7, 11) is 0. The van der Waals surface area contributed by atoms with Gasteiger partial charge >= 0.3 is 6.18 Å². The highest BCUT2D eigenvalue weighted by Crippen LogP contribution is 2.35. The number of hydrogen-bond acceptors (Lipinski definition) is 3. The molecule has 3 aromatic rings. The fourth-order valence-corrected chi connectivity index (χ4v) is 3.77. The number of rotatable bonds is 5. The molecule has 4 rings (SSSR count). The van der Waals surface area contributed by atoms with Crippen molar-refractivity contribution in [3.63, 3.8) is 0 Å². The zero-order valence-corrected chi connectivity index (χ0v) is 17.1. The van der Waals surface area contributed by atoms with Gasteiger partial charge < -0.3 is 9.64 Å². The van der Waals surface area contributed by atoms with E-state index in [1.165, 1.54) is 23.1 Å². The lowest BCUT2D eigenvalue weighted by molar-refractivity contribution is -0.143. The van der Waals surface area contributed by atoms with Gasteiger partial charge in [-0.2, -0.15) is 18.3 Å². The van der Waals surface area contributed by atoms with Crippen LogP contribution < -0.4 is 0 Å². The molecule has 1 aliphatic rings. The van der Waals surface area contributed by atoms with Crippen molar-refractivity contribution >= 4 is 5.91 Å². The molecule has 0 spiro atoms. The van der Waals surface area contributed by atoms with Crippen molar-refractivity contribution < 1.29 is 27.1 Å². The molecule has 0 N–H and O–H groups in total. The van der Waals surface area contributed by atoms with Gasteiger partial charge in [0.05, 0.1) is 24.5 Å². The van der Waals surface area contributed by atoms with Crippen LogP contribution in [0.5, 0.6) is 0 Å². The van der Waals surface area contributed by atoms with Crippen LogP contribution in [0.1, 0.15) is 34.5 Å². The fourth-order valence-electron chi connectivity index (χ4n) is 3.77. The molecule has 2 heterocycles. The second kappa shape index (κ2) is 9.12. The first-order valence-corrected chi connectivity index (χ1v) is 10.2. The summed E-state index contributed by atoms with van der Waals surface area (Å²) in [5.41, 5.74) is -1.22. The number of para-hydroxylation sites is 1. The molecule has 0 bridgehead atoms. The van der Waals surface area contributed by atoms with Crippen LogP contribution in [0, 0.1) is 5.82 Å². The molecule has 1 amide bonds. The van der Waals surface area contributed by atoms with E-state index >= 15 is 0 Å². The van der Waals surface area contributed by atoms with Crippen molar-refractivity contribution in [3.05, 3.63) is 83.4 Å². The van der Waals surface area contributed by atoms with Crippen molar-refractivity contribution in [3.8, 4) is 5.69 Å². The van der Waals surface area contributed by atoms with Gasteiger partial charge in [0.25, 0.3) is 5.91 Å². The highest BCUT2D eigenvalue weighted by atomic mass is 19.4. The number of hydrogen-bond donors (Lipinski definition) is 0. The number of carbonyl (C=O) groups excluding carboxylic acids is 1. The first kappa shape index (κ1) is 22.0. The minimum atomic E-state index is -4.89. The standard InChI is InChI=1S/C23H21F4N3O2/c24-19-8-4-5-9-20(19)30-21(23(25,26)27)18(14-28-30)22(31)29-12-10-17(11-13-29)32-15-16-6-2-1-3-7-16/h1-9,14,17H,10-13,15H2. The Morgan fingerprint density at radius 3 is 2.34 bits per heavy atom. The number of halogens is 4. The maximum atomic E-state index is 14.1. The number of likely N-dealkylation sites (tertiary alicyclic amines) is 1. The molecule has 1 fully saturated rings. The Morgan fingerprint density at radius 1 is 1.03 bits per heavy atom. The van der Waals surface area contributed by atoms with Gasteiger partial charge in [0.2, 0.25) is 0 Å². The smallest absolute Gasteiger partial charge is 0.373 e. The number of nitrogens with zero attached hydrogens (tertiary/aromatic N) is 3. The molecule has 32 heavy (non-hydrogen) atoms. The number of piperidine rings is 1. The lowest BCUT2D eigenvalue weighted by Crippen LogP contribution is -2.41. The molecule has 1 aromatic heterocycles. The topological polar surface area (TPSA) is 47.4 Å². The summed E-state index contributed by atoms with van der Waals surface area (Å²) in [6.07, 6.45) is -3.08. The second-order valence-corrected chi connectivity index (χ2v) is 7.56. The molecule has 1 aliphatic heterocycles. The van der Waals surface area contributed by atoms with E-state index in [2.05, 4.69) is 5.10 Å². The molecule has 168 valence electrons. The summed E-state index contributed by atoms with van der Waals surface area (Å²) >= 11 is 0. The number of aromatic nitrogens is 2. The molecule has 9 heteroatoms. The molecule has 0 atom stereocenters. The van der Waals surface area contributed by atoms with Gasteiger partial charge in [-0.05, 0) is 30.5 Å². The maximum Gasteiger partial charge on any atom is 0.434 e. The van der Waals surface area contributed by atoms with E-state index in [0.717, 1.165) is 17.8 Å². The van der Waals surface area contributed by atoms with Crippen molar-refractivity contribution in [1.29, 1.82) is 0 Å². The predicted molar refractivity (Wildman–Crippen MR) is 109 cm³/mol. The summed E-state index contributed by atoms with van der Waals surface area (Å²) in [5, 5.41) is 3.69. The Morgan fingerprint density at radius 2 is 1.69 bits per heavy atom. The van der Waals surface area contributed by atoms with E-state index in [-0.39, 0.29) is 24.9 Å². The maximum absolute atomic E-state index is 14.1. The Balaban J connectivity index is 1.48. The van der Waals surface area contributed by atoms with Crippen LogP contribution in [0.4, 0.5) is 17.6 Å². The third-order valence-corrected chi connectivity index (χ3v) is 5.41. The summed E-state index contributed by atoms with van der Waals surface area (Å²) in [6.45, 7) is 0.966. The van der Waals surface area contributed by atoms with Crippen LogP contribution in [-0.2, 0) is 17.5 Å². The van der Waals surface area contributed by atoms with Crippen molar-refractivity contribution in [2.45, 2.75) is 31.7 Å². The highest BCUT2D eigenvalue weighted by molar-refractivity contribution is 5.95. The van der Waals surface area contributed by atoms with Crippen LogP contribution in [0.25, 0.3) is 5.69 Å². The van der Waals surface area contributed by atoms with Crippen molar-refractivity contribution in [1.82, 2.24) is 14.7 Å². The van der Waals surface area contributed by atoms with Gasteiger partial charge in [0.15, 0.2) is 5.69 Å². The Hall–Kier alpha value is -3.20. The first-order valence-electron chi connectivity index (χ1n) is 10.2. The molecular formula is C23H21F4N3O2. The molecule has 0 unspecified atom stereocenters. The molecule has 0 saturated carbocycles. The molecule has 5 nitrogen and oxygen atoms in total. The van der Waals surface area contributed by atoms with Gasteiger partial charge in [0, 0.05) is 13.1 Å². The zero-order chi connectivity index (χ0) is 22.7. The molecule has 0 aliphatic carbocycles. The molecular weight excluding hydrogens is 426 g/mol. The summed E-state index contributed by atoms with van der Waals surface area (Å²) in [5.74, 6) is -1.64. The van der Waals surface area contributed by atoms with Crippen LogP contribution in [-0.4, -0.2) is 39.8 Å². The SMILES string of the molecule is O=C(c1cnn(-c2ccccc2F)c1C(F)(F)F)N1CCC(OCc2ccccc2)CC1. The average Bonchev–Trinajstić information content (AvgIpc) is 3.24. The van der Waals surface area contributed by atoms with Crippen molar-refractivity contribution in [2.24, 2.45) is 0 Å². The summed E-state index contributed by atoms with van der Waals surface area (Å²) in [6, 6.07) is 14.6. The average molecular weight is 447 g/mol. The largest absolute Gasteiger partial charge is 0.434 e. The van der Waals surface area contributed by atoms with E-state index in [4.69, 9.17) is 4.74 Å². The van der Waals surface area contributed by atoms with E-state index < -0.39 is 29.2 Å². The van der Waals surface area contributed by atoms with Gasteiger partial charge in [-0.1, -0.05) is 42.5 Å². The van der Waals surface area contributed by atoms with E-state index in [1.807, 2.05) is 30.3 Å². The lowest BCUT2D eigenvalue weighted by Gasteiger charge is -2.32. The van der Waals surface area contributed by atoms with Gasteiger partial charge in [-0.15, -0.1) is 0 Å². The quantitative estimate of drug-likeness (QED) is 0.526. The van der Waals surface area contributed by atoms with Gasteiger partial charge in [-0.3, -0.25) is 4.79 Å². The van der Waals surface area contributed by atoms with E-state index in [0.29, 0.717) is 24.1 Å². The third kappa shape index (κ3) is 4.67. The first-order chi connectivity index (χ1) is 15.3. The van der Waals surface area contributed by atoms with Crippen LogP contribution in [0.2, 0.25) is 0 Å². The molecule has 2 aromatic carbocycles. The Bertz CT molecular complexity index is 1070. The predicted octanol–water partition coefficient (Wildman–Crippen LogP) is 4.85. The third-order valence-electron chi connectivity index (χ3n) is 5.41. The normalized spacial score (nSPS) is 15.2. The summed E-state index contributed by atoms with van der Waals surface area (Å²) < 4.78 is 61.9. The number of carbonyl (C=O) groups is 1. The summed E-state index contributed by atoms with van der Waals surface area (Å²) in [4.78, 5) is 14.3. The van der Waals surface area contributed by atoms with Crippen LogP contribution in [0.3, 0.4) is 0 Å². The van der Waals surface area contributed by atoms with Crippen LogP contribution in [0.15, 0.2) is 60.8 Å². The molecule has 0 radical (unpaired) electrons. The number of ether oxygens (including phenoxy) is 1. The Kier molecular flexibility index (Phi) is 6.27. The zero-order valence-electron chi connectivity index (χ0n) is 17.1.